The largest absolute Gasteiger partial charge is 0.497 e. The molecule has 23 heavy (non-hydrogen) atoms. The van der Waals surface area contributed by atoms with Crippen molar-refractivity contribution in [1.82, 2.24) is 5.32 Å². The second-order valence-electron chi connectivity index (χ2n) is 7.01. The minimum Gasteiger partial charge on any atom is -0.497 e. The summed E-state index contributed by atoms with van der Waals surface area (Å²) in [5, 5.41) is 3.07. The predicted molar refractivity (Wildman–Crippen MR) is 96.3 cm³/mol. The lowest BCUT2D eigenvalue weighted by Crippen LogP contribution is -2.56. The summed E-state index contributed by atoms with van der Waals surface area (Å²) >= 11 is 0. The van der Waals surface area contributed by atoms with Gasteiger partial charge in [0.2, 0.25) is 5.91 Å². The topological polar surface area (TPSA) is 64.3 Å². The quantitative estimate of drug-likeness (QED) is 0.865. The lowest BCUT2D eigenvalue weighted by atomic mass is 9.80. The zero-order valence-electron chi connectivity index (χ0n) is 14.4. The first kappa shape index (κ1) is 19.8. The van der Waals surface area contributed by atoms with Gasteiger partial charge in [-0.25, -0.2) is 0 Å². The van der Waals surface area contributed by atoms with E-state index in [2.05, 4.69) is 19.2 Å². The summed E-state index contributed by atoms with van der Waals surface area (Å²) in [5.74, 6) is 0.834. The van der Waals surface area contributed by atoms with Crippen LogP contribution >= 0.6 is 12.4 Å². The van der Waals surface area contributed by atoms with E-state index >= 15 is 0 Å². The van der Waals surface area contributed by atoms with Gasteiger partial charge in [0.1, 0.15) is 5.75 Å². The monoisotopic (exact) mass is 340 g/mol. The second-order valence-corrected chi connectivity index (χ2v) is 7.01. The van der Waals surface area contributed by atoms with Crippen molar-refractivity contribution in [2.75, 3.05) is 13.7 Å². The highest BCUT2D eigenvalue weighted by Crippen LogP contribution is 2.27. The average molecular weight is 341 g/mol. The van der Waals surface area contributed by atoms with Gasteiger partial charge in [-0.15, -0.1) is 12.4 Å². The molecule has 1 aliphatic rings. The van der Waals surface area contributed by atoms with Gasteiger partial charge in [0.25, 0.3) is 0 Å². The number of amides is 1. The summed E-state index contributed by atoms with van der Waals surface area (Å²) in [5.41, 5.74) is 6.63. The third-order valence-corrected chi connectivity index (χ3v) is 4.76. The van der Waals surface area contributed by atoms with Crippen LogP contribution in [0.25, 0.3) is 0 Å². The second kappa shape index (κ2) is 8.02. The number of nitrogens with one attached hydrogen (secondary N) is 1. The highest BCUT2D eigenvalue weighted by Gasteiger charge is 2.36. The molecule has 0 atom stereocenters. The van der Waals surface area contributed by atoms with Crippen LogP contribution in [0.1, 0.15) is 51.5 Å². The Morgan fingerprint density at radius 2 is 1.78 bits per heavy atom. The smallest absolute Gasteiger partial charge is 0.240 e. The molecule has 1 aromatic rings. The van der Waals surface area contributed by atoms with Crippen molar-refractivity contribution >= 4 is 18.3 Å². The predicted octanol–water partition coefficient (Wildman–Crippen LogP) is 3.17. The van der Waals surface area contributed by atoms with E-state index < -0.39 is 5.54 Å². The fourth-order valence-electron chi connectivity index (χ4n) is 3.03. The van der Waals surface area contributed by atoms with E-state index in [1.54, 1.807) is 7.11 Å². The third-order valence-electron chi connectivity index (χ3n) is 4.76. The highest BCUT2D eigenvalue weighted by molar-refractivity contribution is 5.86. The molecule has 0 saturated heterocycles. The van der Waals surface area contributed by atoms with Gasteiger partial charge in [-0.05, 0) is 30.5 Å². The lowest BCUT2D eigenvalue weighted by Gasteiger charge is -2.34. The Kier molecular flexibility index (Phi) is 6.90. The molecule has 1 saturated carbocycles. The van der Waals surface area contributed by atoms with Crippen molar-refractivity contribution in [2.45, 2.75) is 56.9 Å². The van der Waals surface area contributed by atoms with Gasteiger partial charge in [-0.3, -0.25) is 4.79 Å². The number of benzene rings is 1. The van der Waals surface area contributed by atoms with Crippen molar-refractivity contribution in [2.24, 2.45) is 5.73 Å². The third kappa shape index (κ3) is 4.85. The number of nitrogens with two attached hydrogens (primary N) is 1. The van der Waals surface area contributed by atoms with E-state index in [1.807, 2.05) is 24.3 Å². The first-order chi connectivity index (χ1) is 10.4. The molecular weight excluding hydrogens is 312 g/mol. The van der Waals surface area contributed by atoms with E-state index in [4.69, 9.17) is 10.5 Å². The van der Waals surface area contributed by atoms with Gasteiger partial charge in [0, 0.05) is 12.0 Å². The minimum absolute atomic E-state index is 0. The summed E-state index contributed by atoms with van der Waals surface area (Å²) in [6.45, 7) is 4.83. The van der Waals surface area contributed by atoms with Crippen LogP contribution in [-0.4, -0.2) is 25.1 Å². The van der Waals surface area contributed by atoms with E-state index in [9.17, 15) is 4.79 Å². The summed E-state index contributed by atoms with van der Waals surface area (Å²) in [6, 6.07) is 7.99. The maximum absolute atomic E-state index is 12.4. The number of ether oxygens (including phenoxy) is 1. The Morgan fingerprint density at radius 1 is 1.22 bits per heavy atom. The zero-order chi connectivity index (χ0) is 16.2. The molecule has 3 N–H and O–H groups in total. The first-order valence-electron chi connectivity index (χ1n) is 8.09. The van der Waals surface area contributed by atoms with Gasteiger partial charge in [-0.1, -0.05) is 45.2 Å². The number of hydrogen-bond donors (Lipinski definition) is 2. The molecule has 0 aromatic heterocycles. The molecule has 5 heteroatoms. The van der Waals surface area contributed by atoms with Crippen molar-refractivity contribution in [1.29, 1.82) is 0 Å². The molecule has 0 bridgehead atoms. The number of halogens is 1. The van der Waals surface area contributed by atoms with E-state index in [0.717, 1.165) is 31.4 Å². The summed E-state index contributed by atoms with van der Waals surface area (Å²) in [7, 11) is 1.66. The molecule has 1 amide bonds. The number of rotatable bonds is 5. The SMILES string of the molecule is COc1ccc(C(C)(C)CNC(=O)C2(N)CCCCC2)cc1.Cl. The number of methoxy groups -OCH3 is 1. The minimum atomic E-state index is -0.672. The summed E-state index contributed by atoms with van der Waals surface area (Å²) in [6.07, 6.45) is 4.87. The summed E-state index contributed by atoms with van der Waals surface area (Å²) in [4.78, 5) is 12.4. The van der Waals surface area contributed by atoms with E-state index in [0.29, 0.717) is 6.54 Å². The van der Waals surface area contributed by atoms with Crippen LogP contribution in [0, 0.1) is 0 Å². The summed E-state index contributed by atoms with van der Waals surface area (Å²) < 4.78 is 5.19. The van der Waals surface area contributed by atoms with Crippen LogP contribution in [0.5, 0.6) is 5.75 Å². The van der Waals surface area contributed by atoms with Crippen LogP contribution in [-0.2, 0) is 10.2 Å². The van der Waals surface area contributed by atoms with Gasteiger partial charge >= 0.3 is 0 Å². The Labute approximate surface area is 145 Å². The van der Waals surface area contributed by atoms with Crippen molar-refractivity contribution in [3.05, 3.63) is 29.8 Å². The molecular formula is C18H29ClN2O2. The normalized spacial score (nSPS) is 17.0. The van der Waals surface area contributed by atoms with Crippen LogP contribution < -0.4 is 15.8 Å². The molecule has 130 valence electrons. The van der Waals surface area contributed by atoms with Gasteiger partial charge in [-0.2, -0.15) is 0 Å². The van der Waals surface area contributed by atoms with E-state index in [-0.39, 0.29) is 23.7 Å². The highest BCUT2D eigenvalue weighted by atomic mass is 35.5. The standard InChI is InChI=1S/C18H28N2O2.ClH/c1-17(2,14-7-9-15(22-3)10-8-14)13-20-16(21)18(19)11-5-4-6-12-18;/h7-10H,4-6,11-13,19H2,1-3H3,(H,20,21);1H. The molecule has 0 unspecified atom stereocenters. The molecule has 4 nitrogen and oxygen atoms in total. The Hall–Kier alpha value is -1.26. The first-order valence-corrected chi connectivity index (χ1v) is 8.09. The van der Waals surface area contributed by atoms with Crippen molar-refractivity contribution < 1.29 is 9.53 Å². The molecule has 0 aliphatic heterocycles. The maximum Gasteiger partial charge on any atom is 0.240 e. The van der Waals surface area contributed by atoms with Crippen LogP contribution in [0.2, 0.25) is 0 Å². The van der Waals surface area contributed by atoms with Gasteiger partial charge in [0.15, 0.2) is 0 Å². The average Bonchev–Trinajstić information content (AvgIpc) is 2.53. The molecule has 1 aromatic carbocycles. The van der Waals surface area contributed by atoms with Gasteiger partial charge in [0.05, 0.1) is 12.6 Å². The molecule has 1 fully saturated rings. The van der Waals surface area contributed by atoms with E-state index in [1.165, 1.54) is 12.0 Å². The van der Waals surface area contributed by atoms with Crippen molar-refractivity contribution in [3.8, 4) is 5.75 Å². The maximum atomic E-state index is 12.4. The fourth-order valence-corrected chi connectivity index (χ4v) is 3.03. The number of hydrogen-bond acceptors (Lipinski definition) is 3. The van der Waals surface area contributed by atoms with Crippen LogP contribution in [0.3, 0.4) is 0 Å². The molecule has 0 radical (unpaired) electrons. The Morgan fingerprint density at radius 3 is 2.30 bits per heavy atom. The van der Waals surface area contributed by atoms with Crippen LogP contribution in [0.4, 0.5) is 0 Å². The Bertz CT molecular complexity index is 508. The molecule has 0 heterocycles. The Balaban J connectivity index is 0.00000264. The lowest BCUT2D eigenvalue weighted by molar-refractivity contribution is -0.127. The molecule has 2 rings (SSSR count). The number of carbonyl (C=O) groups excluding carboxylic acids is 1. The van der Waals surface area contributed by atoms with Gasteiger partial charge < -0.3 is 15.8 Å². The van der Waals surface area contributed by atoms with Crippen LogP contribution in [0.15, 0.2) is 24.3 Å². The fraction of sp³-hybridized carbons (Fsp3) is 0.611. The zero-order valence-corrected chi connectivity index (χ0v) is 15.2. The number of carbonyl (C=O) groups is 1. The van der Waals surface area contributed by atoms with Crippen molar-refractivity contribution in [3.63, 3.8) is 0 Å². The molecule has 1 aliphatic carbocycles. The molecule has 0 spiro atoms.